The molecule has 0 spiro atoms. The zero-order valence-corrected chi connectivity index (χ0v) is 13.1. The van der Waals surface area contributed by atoms with Crippen molar-refractivity contribution in [1.82, 2.24) is 20.1 Å². The van der Waals surface area contributed by atoms with Crippen molar-refractivity contribution in [1.29, 1.82) is 0 Å². The molecule has 1 unspecified atom stereocenters. The summed E-state index contributed by atoms with van der Waals surface area (Å²) in [5, 5.41) is 11.5. The van der Waals surface area contributed by atoms with Gasteiger partial charge in [-0.2, -0.15) is 10.1 Å². The first-order valence-corrected chi connectivity index (χ1v) is 7.67. The van der Waals surface area contributed by atoms with E-state index in [9.17, 15) is 0 Å². The van der Waals surface area contributed by atoms with Crippen LogP contribution in [0.5, 0.6) is 0 Å². The molecule has 1 fully saturated rings. The van der Waals surface area contributed by atoms with E-state index < -0.39 is 0 Å². The first kappa shape index (κ1) is 14.7. The summed E-state index contributed by atoms with van der Waals surface area (Å²) in [4.78, 5) is 9.19. The van der Waals surface area contributed by atoms with Crippen LogP contribution in [0.3, 0.4) is 0 Å². The molecular weight excluding hydrogens is 276 g/mol. The van der Waals surface area contributed by atoms with Crippen molar-refractivity contribution in [2.45, 2.75) is 13.0 Å². The van der Waals surface area contributed by atoms with Crippen LogP contribution in [0.4, 0.5) is 11.8 Å². The van der Waals surface area contributed by atoms with Gasteiger partial charge in [0.25, 0.3) is 0 Å². The summed E-state index contributed by atoms with van der Waals surface area (Å²) in [6.45, 7) is 6.15. The molecule has 3 rings (SSSR count). The summed E-state index contributed by atoms with van der Waals surface area (Å²) in [5.41, 5.74) is 1.20. The van der Waals surface area contributed by atoms with Gasteiger partial charge in [0, 0.05) is 26.2 Å². The Hall–Kier alpha value is -2.21. The third kappa shape index (κ3) is 3.51. The summed E-state index contributed by atoms with van der Waals surface area (Å²) in [5.74, 6) is 1.47. The maximum atomic E-state index is 4.61. The van der Waals surface area contributed by atoms with Gasteiger partial charge in [-0.3, -0.25) is 0 Å². The minimum atomic E-state index is 0.144. The van der Waals surface area contributed by atoms with Crippen molar-refractivity contribution < 1.29 is 0 Å². The topological polar surface area (TPSA) is 57.2 Å². The van der Waals surface area contributed by atoms with Gasteiger partial charge in [-0.1, -0.05) is 30.3 Å². The number of hydrogen-bond acceptors (Lipinski definition) is 6. The van der Waals surface area contributed by atoms with Crippen LogP contribution in [-0.2, 0) is 0 Å². The zero-order chi connectivity index (χ0) is 15.4. The molecule has 6 nitrogen and oxygen atoms in total. The van der Waals surface area contributed by atoms with Gasteiger partial charge < -0.3 is 15.1 Å². The van der Waals surface area contributed by atoms with Gasteiger partial charge in [-0.05, 0) is 19.5 Å². The lowest BCUT2D eigenvalue weighted by Gasteiger charge is -2.32. The highest BCUT2D eigenvalue weighted by molar-refractivity contribution is 5.41. The van der Waals surface area contributed by atoms with Crippen LogP contribution < -0.4 is 10.2 Å². The molecule has 0 aliphatic carbocycles. The fourth-order valence-corrected chi connectivity index (χ4v) is 2.56. The second kappa shape index (κ2) is 6.70. The molecule has 0 bridgehead atoms. The maximum absolute atomic E-state index is 4.61. The minimum absolute atomic E-state index is 0.144. The highest BCUT2D eigenvalue weighted by Gasteiger charge is 2.16. The summed E-state index contributed by atoms with van der Waals surface area (Å²) in [6.07, 6.45) is 1.74. The predicted molar refractivity (Wildman–Crippen MR) is 88.0 cm³/mol. The highest BCUT2D eigenvalue weighted by atomic mass is 15.3. The monoisotopic (exact) mass is 298 g/mol. The van der Waals surface area contributed by atoms with E-state index in [0.717, 1.165) is 32.0 Å². The summed E-state index contributed by atoms with van der Waals surface area (Å²) in [6, 6.07) is 10.4. The first-order chi connectivity index (χ1) is 10.7. The molecule has 1 saturated heterocycles. The minimum Gasteiger partial charge on any atom is -0.353 e. The van der Waals surface area contributed by atoms with Crippen molar-refractivity contribution in [2.75, 3.05) is 43.4 Å². The second-order valence-corrected chi connectivity index (χ2v) is 5.71. The Morgan fingerprint density at radius 3 is 2.55 bits per heavy atom. The lowest BCUT2D eigenvalue weighted by atomic mass is 10.1. The quantitative estimate of drug-likeness (QED) is 0.929. The van der Waals surface area contributed by atoms with Crippen LogP contribution in [0, 0.1) is 0 Å². The van der Waals surface area contributed by atoms with Crippen molar-refractivity contribution in [2.24, 2.45) is 0 Å². The smallest absolute Gasteiger partial charge is 0.245 e. The molecule has 2 heterocycles. The Balaban J connectivity index is 1.69. The molecule has 6 heteroatoms. The zero-order valence-electron chi connectivity index (χ0n) is 13.1. The van der Waals surface area contributed by atoms with Crippen LogP contribution in [0.15, 0.2) is 36.5 Å². The van der Waals surface area contributed by atoms with Gasteiger partial charge in [0.2, 0.25) is 5.95 Å². The van der Waals surface area contributed by atoms with Crippen molar-refractivity contribution in [3.05, 3.63) is 42.1 Å². The van der Waals surface area contributed by atoms with Gasteiger partial charge in [-0.25, -0.2) is 0 Å². The molecule has 1 aromatic heterocycles. The highest BCUT2D eigenvalue weighted by Crippen LogP contribution is 2.18. The molecule has 116 valence electrons. The number of piperazine rings is 1. The summed E-state index contributed by atoms with van der Waals surface area (Å²) in [7, 11) is 2.14. The van der Waals surface area contributed by atoms with Gasteiger partial charge in [0.05, 0.1) is 12.2 Å². The summed E-state index contributed by atoms with van der Waals surface area (Å²) < 4.78 is 0. The largest absolute Gasteiger partial charge is 0.353 e. The standard InChI is InChI=1S/C16H22N6/c1-13(14-6-4-3-5-7-14)18-16-19-15(12-17-20-16)22-10-8-21(2)9-11-22/h3-7,12-13H,8-11H2,1-2H3,(H,18,19,20). The van der Waals surface area contributed by atoms with Crippen LogP contribution >= 0.6 is 0 Å². The molecule has 2 aromatic rings. The van der Waals surface area contributed by atoms with Crippen LogP contribution in [0.1, 0.15) is 18.5 Å². The molecule has 0 amide bonds. The summed E-state index contributed by atoms with van der Waals surface area (Å²) >= 11 is 0. The number of rotatable bonds is 4. The van der Waals surface area contributed by atoms with Crippen LogP contribution in [0.25, 0.3) is 0 Å². The third-order valence-corrected chi connectivity index (χ3v) is 4.02. The Kier molecular flexibility index (Phi) is 4.48. The SMILES string of the molecule is CC(Nc1nncc(N2CCN(C)CC2)n1)c1ccccc1. The third-order valence-electron chi connectivity index (χ3n) is 4.02. The number of aromatic nitrogens is 3. The molecule has 0 radical (unpaired) electrons. The van der Waals surface area contributed by atoms with E-state index in [1.807, 2.05) is 18.2 Å². The number of hydrogen-bond donors (Lipinski definition) is 1. The Bertz CT molecular complexity index is 595. The molecule has 1 aromatic carbocycles. The molecule has 22 heavy (non-hydrogen) atoms. The molecular formula is C16H22N6. The Morgan fingerprint density at radius 2 is 1.82 bits per heavy atom. The lowest BCUT2D eigenvalue weighted by molar-refractivity contribution is 0.312. The van der Waals surface area contributed by atoms with Gasteiger partial charge in [0.1, 0.15) is 0 Å². The Labute approximate surface area is 131 Å². The maximum Gasteiger partial charge on any atom is 0.245 e. The number of likely N-dealkylation sites (N-methyl/N-ethyl adjacent to an activating group) is 1. The van der Waals surface area contributed by atoms with E-state index in [0.29, 0.717) is 5.95 Å². The average Bonchev–Trinajstić information content (AvgIpc) is 2.56. The van der Waals surface area contributed by atoms with Crippen molar-refractivity contribution in [3.63, 3.8) is 0 Å². The number of nitrogens with one attached hydrogen (secondary N) is 1. The van der Waals surface area contributed by atoms with Crippen LogP contribution in [0.2, 0.25) is 0 Å². The molecule has 1 atom stereocenters. The number of benzene rings is 1. The van der Waals surface area contributed by atoms with E-state index in [1.165, 1.54) is 5.56 Å². The van der Waals surface area contributed by atoms with Gasteiger partial charge >= 0.3 is 0 Å². The lowest BCUT2D eigenvalue weighted by Crippen LogP contribution is -2.44. The van der Waals surface area contributed by atoms with E-state index in [1.54, 1.807) is 6.20 Å². The molecule has 1 aliphatic rings. The predicted octanol–water partition coefficient (Wildman–Crippen LogP) is 1.80. The van der Waals surface area contributed by atoms with Crippen molar-refractivity contribution in [3.8, 4) is 0 Å². The molecule has 1 aliphatic heterocycles. The Morgan fingerprint density at radius 1 is 1.09 bits per heavy atom. The molecule has 0 saturated carbocycles. The van der Waals surface area contributed by atoms with Gasteiger partial charge in [-0.15, -0.1) is 5.10 Å². The van der Waals surface area contributed by atoms with E-state index in [2.05, 4.69) is 56.4 Å². The second-order valence-electron chi connectivity index (χ2n) is 5.71. The van der Waals surface area contributed by atoms with E-state index in [-0.39, 0.29) is 6.04 Å². The van der Waals surface area contributed by atoms with Gasteiger partial charge in [0.15, 0.2) is 5.82 Å². The average molecular weight is 298 g/mol. The van der Waals surface area contributed by atoms with E-state index in [4.69, 9.17) is 0 Å². The van der Waals surface area contributed by atoms with E-state index >= 15 is 0 Å². The van der Waals surface area contributed by atoms with Crippen LogP contribution in [-0.4, -0.2) is 53.3 Å². The molecule has 1 N–H and O–H groups in total. The number of nitrogens with zero attached hydrogens (tertiary/aromatic N) is 5. The fourth-order valence-electron chi connectivity index (χ4n) is 2.56. The number of anilines is 2. The normalized spacial score (nSPS) is 17.3. The van der Waals surface area contributed by atoms with Crippen molar-refractivity contribution >= 4 is 11.8 Å². The first-order valence-electron chi connectivity index (χ1n) is 7.67. The fraction of sp³-hybridized carbons (Fsp3) is 0.438.